The van der Waals surface area contributed by atoms with Crippen LogP contribution in [0.2, 0.25) is 15.1 Å². The second-order valence-electron chi connectivity index (χ2n) is 5.01. The highest BCUT2D eigenvalue weighted by Crippen LogP contribution is 2.26. The lowest BCUT2D eigenvalue weighted by Gasteiger charge is -2.20. The summed E-state index contributed by atoms with van der Waals surface area (Å²) in [5.74, 6) is 0. The fraction of sp³-hybridized carbons (Fsp3) is 0.294. The van der Waals surface area contributed by atoms with Crippen molar-refractivity contribution in [2.24, 2.45) is 0 Å². The maximum absolute atomic E-state index is 6.11. The van der Waals surface area contributed by atoms with Crippen LogP contribution < -0.4 is 5.32 Å². The Morgan fingerprint density at radius 3 is 2.48 bits per heavy atom. The topological polar surface area (TPSA) is 12.0 Å². The average molecular weight is 343 g/mol. The molecule has 112 valence electrons. The first-order chi connectivity index (χ1) is 10.1. The summed E-state index contributed by atoms with van der Waals surface area (Å²) in [6.07, 6.45) is 1.93. The van der Waals surface area contributed by atoms with Crippen molar-refractivity contribution in [2.75, 3.05) is 6.54 Å². The zero-order valence-electron chi connectivity index (χ0n) is 11.9. The van der Waals surface area contributed by atoms with Gasteiger partial charge in [-0.25, -0.2) is 0 Å². The minimum atomic E-state index is 0.209. The largest absolute Gasteiger partial charge is 0.310 e. The van der Waals surface area contributed by atoms with Crippen LogP contribution in [0.3, 0.4) is 0 Å². The van der Waals surface area contributed by atoms with Crippen LogP contribution in [0.4, 0.5) is 0 Å². The van der Waals surface area contributed by atoms with Gasteiger partial charge in [-0.15, -0.1) is 0 Å². The van der Waals surface area contributed by atoms with E-state index >= 15 is 0 Å². The third-order valence-electron chi connectivity index (χ3n) is 3.32. The lowest BCUT2D eigenvalue weighted by molar-refractivity contribution is 0.529. The molecule has 4 heteroatoms. The lowest BCUT2D eigenvalue weighted by Crippen LogP contribution is -2.24. The molecule has 0 bridgehead atoms. The van der Waals surface area contributed by atoms with Crippen LogP contribution in [0.1, 0.15) is 30.5 Å². The minimum absolute atomic E-state index is 0.209. The van der Waals surface area contributed by atoms with Crippen LogP contribution in [0.15, 0.2) is 42.5 Å². The van der Waals surface area contributed by atoms with Gasteiger partial charge in [-0.05, 0) is 54.8 Å². The fourth-order valence-corrected chi connectivity index (χ4v) is 2.77. The quantitative estimate of drug-likeness (QED) is 0.686. The van der Waals surface area contributed by atoms with E-state index in [9.17, 15) is 0 Å². The van der Waals surface area contributed by atoms with Gasteiger partial charge in [-0.1, -0.05) is 59.9 Å². The van der Waals surface area contributed by atoms with Gasteiger partial charge >= 0.3 is 0 Å². The molecule has 0 amide bonds. The summed E-state index contributed by atoms with van der Waals surface area (Å²) in [6.45, 7) is 3.11. The number of benzene rings is 2. The van der Waals surface area contributed by atoms with Crippen molar-refractivity contribution in [3.63, 3.8) is 0 Å². The van der Waals surface area contributed by atoms with Gasteiger partial charge in [-0.3, -0.25) is 0 Å². The van der Waals surface area contributed by atoms with Crippen LogP contribution >= 0.6 is 34.8 Å². The molecule has 0 radical (unpaired) electrons. The predicted molar refractivity (Wildman–Crippen MR) is 92.7 cm³/mol. The average Bonchev–Trinajstić information content (AvgIpc) is 2.47. The van der Waals surface area contributed by atoms with Gasteiger partial charge in [0, 0.05) is 11.1 Å². The summed E-state index contributed by atoms with van der Waals surface area (Å²) in [6, 6.07) is 14.0. The van der Waals surface area contributed by atoms with Gasteiger partial charge in [0.1, 0.15) is 0 Å². The van der Waals surface area contributed by atoms with Gasteiger partial charge in [0.2, 0.25) is 0 Å². The number of rotatable bonds is 6. The van der Waals surface area contributed by atoms with Crippen molar-refractivity contribution in [2.45, 2.75) is 25.8 Å². The van der Waals surface area contributed by atoms with Crippen LogP contribution in [0, 0.1) is 0 Å². The molecule has 1 N–H and O–H groups in total. The van der Waals surface area contributed by atoms with Gasteiger partial charge in [0.05, 0.1) is 10.0 Å². The molecule has 2 aromatic rings. The normalized spacial score (nSPS) is 12.4. The first-order valence-electron chi connectivity index (χ1n) is 7.03. The number of nitrogens with one attached hydrogen (secondary N) is 1. The van der Waals surface area contributed by atoms with Gasteiger partial charge in [-0.2, -0.15) is 0 Å². The third-order valence-corrected chi connectivity index (χ3v) is 4.29. The molecule has 2 rings (SSSR count). The first kappa shape index (κ1) is 16.6. The molecule has 0 aliphatic rings. The highest BCUT2D eigenvalue weighted by atomic mass is 35.5. The molecule has 1 atom stereocenters. The summed E-state index contributed by atoms with van der Waals surface area (Å²) in [4.78, 5) is 0. The summed E-state index contributed by atoms with van der Waals surface area (Å²) >= 11 is 18.2. The maximum atomic E-state index is 6.11. The van der Waals surface area contributed by atoms with E-state index < -0.39 is 0 Å². The summed E-state index contributed by atoms with van der Waals surface area (Å²) in [7, 11) is 0. The monoisotopic (exact) mass is 341 g/mol. The van der Waals surface area contributed by atoms with E-state index in [4.69, 9.17) is 34.8 Å². The van der Waals surface area contributed by atoms with Crippen LogP contribution in [-0.2, 0) is 6.42 Å². The standard InChI is InChI=1S/C17H18Cl3N/c1-2-8-21-17(13-4-3-5-14(18)11-13)10-12-6-7-15(19)16(20)9-12/h3-7,9,11,17,21H,2,8,10H2,1H3. The molecular formula is C17H18Cl3N. The SMILES string of the molecule is CCCNC(Cc1ccc(Cl)c(Cl)c1)c1cccc(Cl)c1. The molecule has 21 heavy (non-hydrogen) atoms. The minimum Gasteiger partial charge on any atom is -0.310 e. The van der Waals surface area contributed by atoms with Crippen molar-refractivity contribution in [1.29, 1.82) is 0 Å². The van der Waals surface area contributed by atoms with Crippen molar-refractivity contribution < 1.29 is 0 Å². The molecule has 0 fully saturated rings. The van der Waals surface area contributed by atoms with E-state index in [2.05, 4.69) is 18.3 Å². The maximum Gasteiger partial charge on any atom is 0.0595 e. The van der Waals surface area contributed by atoms with Gasteiger partial charge in [0.25, 0.3) is 0 Å². The van der Waals surface area contributed by atoms with E-state index in [1.807, 2.05) is 36.4 Å². The Hall–Kier alpha value is -0.730. The van der Waals surface area contributed by atoms with Gasteiger partial charge < -0.3 is 5.32 Å². The molecule has 0 saturated heterocycles. The Balaban J connectivity index is 2.21. The zero-order chi connectivity index (χ0) is 15.2. The summed E-state index contributed by atoms with van der Waals surface area (Å²) in [5.41, 5.74) is 2.33. The van der Waals surface area contributed by atoms with Crippen molar-refractivity contribution >= 4 is 34.8 Å². The smallest absolute Gasteiger partial charge is 0.0595 e. The van der Waals surface area contributed by atoms with Crippen LogP contribution in [-0.4, -0.2) is 6.54 Å². The number of hydrogen-bond acceptors (Lipinski definition) is 1. The van der Waals surface area contributed by atoms with E-state index in [1.54, 1.807) is 0 Å². The zero-order valence-corrected chi connectivity index (χ0v) is 14.1. The third kappa shape index (κ3) is 4.89. The first-order valence-corrected chi connectivity index (χ1v) is 8.16. The summed E-state index contributed by atoms with van der Waals surface area (Å²) in [5, 5.41) is 5.49. The van der Waals surface area contributed by atoms with E-state index in [0.717, 1.165) is 30.0 Å². The molecule has 0 spiro atoms. The fourth-order valence-electron chi connectivity index (χ4n) is 2.25. The molecule has 1 unspecified atom stereocenters. The van der Waals surface area contributed by atoms with Crippen LogP contribution in [0.5, 0.6) is 0 Å². The Morgan fingerprint density at radius 2 is 1.81 bits per heavy atom. The highest BCUT2D eigenvalue weighted by molar-refractivity contribution is 6.42. The predicted octanol–water partition coefficient (Wildman–Crippen LogP) is 5.93. The molecule has 1 nitrogen and oxygen atoms in total. The Kier molecular flexibility index (Phi) is 6.38. The Bertz CT molecular complexity index is 598. The molecule has 2 aromatic carbocycles. The summed E-state index contributed by atoms with van der Waals surface area (Å²) < 4.78 is 0. The molecule has 0 aliphatic heterocycles. The second-order valence-corrected chi connectivity index (χ2v) is 6.27. The highest BCUT2D eigenvalue weighted by Gasteiger charge is 2.12. The van der Waals surface area contributed by atoms with Crippen molar-refractivity contribution in [3.05, 3.63) is 68.7 Å². The van der Waals surface area contributed by atoms with E-state index in [-0.39, 0.29) is 6.04 Å². The number of hydrogen-bond donors (Lipinski definition) is 1. The Morgan fingerprint density at radius 1 is 1.00 bits per heavy atom. The number of halogens is 3. The Labute approximate surface area is 141 Å². The van der Waals surface area contributed by atoms with Crippen LogP contribution in [0.25, 0.3) is 0 Å². The van der Waals surface area contributed by atoms with Crippen molar-refractivity contribution in [1.82, 2.24) is 5.32 Å². The van der Waals surface area contributed by atoms with Gasteiger partial charge in [0.15, 0.2) is 0 Å². The molecule has 0 aromatic heterocycles. The van der Waals surface area contributed by atoms with E-state index in [1.165, 1.54) is 5.56 Å². The second kappa shape index (κ2) is 8.05. The van der Waals surface area contributed by atoms with E-state index in [0.29, 0.717) is 10.0 Å². The molecular weight excluding hydrogens is 325 g/mol. The lowest BCUT2D eigenvalue weighted by atomic mass is 9.98. The molecule has 0 aliphatic carbocycles. The molecule has 0 saturated carbocycles. The molecule has 0 heterocycles. The van der Waals surface area contributed by atoms with Crippen molar-refractivity contribution in [3.8, 4) is 0 Å².